The summed E-state index contributed by atoms with van der Waals surface area (Å²) in [5.41, 5.74) is 10.6. The number of anilines is 2. The van der Waals surface area contributed by atoms with Crippen LogP contribution in [0.15, 0.2) is 60.2 Å². The highest BCUT2D eigenvalue weighted by atomic mass is 32.1. The molecular weight excluding hydrogens is 416 g/mol. The highest BCUT2D eigenvalue weighted by molar-refractivity contribution is 7.80. The summed E-state index contributed by atoms with van der Waals surface area (Å²) in [7, 11) is 0. The number of rotatable bonds is 6. The normalized spacial score (nSPS) is 13.9. The second-order valence-electron chi connectivity index (χ2n) is 5.82. The zero-order valence-electron chi connectivity index (χ0n) is 15.0. The maximum atomic E-state index is 11.3. The van der Waals surface area contributed by atoms with Crippen LogP contribution < -0.4 is 31.9 Å². The van der Waals surface area contributed by atoms with Gasteiger partial charge in [-0.05, 0) is 36.5 Å². The van der Waals surface area contributed by atoms with E-state index in [1.54, 1.807) is 24.3 Å². The number of allylic oxidation sites excluding steroid dienone is 1. The van der Waals surface area contributed by atoms with Crippen LogP contribution in [0.2, 0.25) is 0 Å². The molecule has 0 amide bonds. The van der Waals surface area contributed by atoms with Gasteiger partial charge in [0.1, 0.15) is 11.4 Å². The number of nitro groups is 1. The molecule has 6 N–H and O–H groups in total. The fourth-order valence-electron chi connectivity index (χ4n) is 2.56. The second-order valence-corrected chi connectivity index (χ2v) is 6.26. The number of nitrogens with two attached hydrogens (primary N) is 1. The van der Waals surface area contributed by atoms with Gasteiger partial charge in [-0.1, -0.05) is 12.1 Å². The van der Waals surface area contributed by atoms with Crippen molar-refractivity contribution in [1.82, 2.24) is 10.9 Å². The van der Waals surface area contributed by atoms with Gasteiger partial charge in [0.05, 0.1) is 10.6 Å². The van der Waals surface area contributed by atoms with Crippen molar-refractivity contribution in [3.05, 3.63) is 86.3 Å². The van der Waals surface area contributed by atoms with Crippen LogP contribution in [-0.4, -0.2) is 15.1 Å². The number of aliphatic hydroxyl groups is 1. The van der Waals surface area contributed by atoms with Crippen molar-refractivity contribution >= 4 is 40.1 Å². The van der Waals surface area contributed by atoms with E-state index in [9.17, 15) is 25.6 Å². The predicted octanol–water partition coefficient (Wildman–Crippen LogP) is 2.31. The highest BCUT2D eigenvalue weighted by Gasteiger charge is 2.22. The molecule has 0 aliphatic carbocycles. The van der Waals surface area contributed by atoms with Gasteiger partial charge in [-0.25, -0.2) is 0 Å². The van der Waals surface area contributed by atoms with Crippen LogP contribution in [0.1, 0.15) is 5.56 Å². The summed E-state index contributed by atoms with van der Waals surface area (Å²) in [5.74, 6) is -0.251. The largest absolute Gasteiger partial charge is 0.769 e. The number of aliphatic hydroxyl groups excluding tert-OH is 1. The fourth-order valence-corrected chi connectivity index (χ4v) is 2.61. The van der Waals surface area contributed by atoms with Crippen LogP contribution >= 0.6 is 12.2 Å². The summed E-state index contributed by atoms with van der Waals surface area (Å²) in [6.45, 7) is 0. The summed E-state index contributed by atoms with van der Waals surface area (Å²) in [6.07, 6.45) is 1.41. The Labute approximate surface area is 174 Å². The van der Waals surface area contributed by atoms with Crippen LogP contribution in [0.5, 0.6) is 5.75 Å². The lowest BCUT2D eigenvalue weighted by atomic mass is 10.1. The quantitative estimate of drug-likeness (QED) is 0.195. The molecule has 1 aliphatic heterocycles. The lowest BCUT2D eigenvalue weighted by Crippen LogP contribution is -2.40. The molecule has 12 nitrogen and oxygen atoms in total. The van der Waals surface area contributed by atoms with Gasteiger partial charge in [-0.15, -0.1) is 0 Å². The van der Waals surface area contributed by atoms with E-state index in [4.69, 9.17) is 22.7 Å². The average Bonchev–Trinajstić information content (AvgIpc) is 2.71. The molecule has 2 aromatic rings. The van der Waals surface area contributed by atoms with E-state index < -0.39 is 27.4 Å². The first-order valence-corrected chi connectivity index (χ1v) is 8.60. The number of fused-ring (bicyclic) bond motifs is 1. The molecule has 0 spiro atoms. The van der Waals surface area contributed by atoms with Crippen molar-refractivity contribution in [3.8, 4) is 5.75 Å². The minimum atomic E-state index is -0.806. The minimum absolute atomic E-state index is 0.0192. The molecular formula is C17H14N6O6S-2. The average molecular weight is 430 g/mol. The van der Waals surface area contributed by atoms with Crippen molar-refractivity contribution in [3.63, 3.8) is 0 Å². The van der Waals surface area contributed by atoms with E-state index >= 15 is 0 Å². The van der Waals surface area contributed by atoms with Gasteiger partial charge in [0, 0.05) is 23.4 Å². The van der Waals surface area contributed by atoms with Gasteiger partial charge in [0.25, 0.3) is 5.69 Å². The molecule has 0 saturated heterocycles. The third-order valence-electron chi connectivity index (χ3n) is 3.87. The fraction of sp³-hybridized carbons (Fsp3) is 0. The van der Waals surface area contributed by atoms with Crippen LogP contribution in [0.4, 0.5) is 17.1 Å². The van der Waals surface area contributed by atoms with Crippen molar-refractivity contribution < 1.29 is 14.8 Å². The summed E-state index contributed by atoms with van der Waals surface area (Å²) in [5, 5.41) is 45.2. The lowest BCUT2D eigenvalue weighted by molar-refractivity contribution is -0.383. The number of nitrogens with zero attached hydrogens (tertiary/aromatic N) is 2. The van der Waals surface area contributed by atoms with E-state index in [-0.39, 0.29) is 16.6 Å². The number of para-hydroxylation sites is 1. The predicted molar refractivity (Wildman–Crippen MR) is 114 cm³/mol. The number of nitrogens with one attached hydrogen (secondary N) is 3. The molecule has 13 heteroatoms. The van der Waals surface area contributed by atoms with Crippen LogP contribution in [0.3, 0.4) is 0 Å². The van der Waals surface area contributed by atoms with Gasteiger partial charge < -0.3 is 36.5 Å². The molecule has 0 saturated carbocycles. The number of hydrogen-bond acceptors (Lipinski definition) is 10. The maximum absolute atomic E-state index is 11.3. The second kappa shape index (κ2) is 8.52. The summed E-state index contributed by atoms with van der Waals surface area (Å²) in [6, 6.07) is 9.84. The smallest absolute Gasteiger partial charge is 0.294 e. The Kier molecular flexibility index (Phi) is 5.87. The summed E-state index contributed by atoms with van der Waals surface area (Å²) in [4.78, 5) is 10.5. The Morgan fingerprint density at radius 3 is 2.63 bits per heavy atom. The van der Waals surface area contributed by atoms with E-state index in [1.807, 2.05) is 0 Å². The Bertz CT molecular complexity index is 1070. The van der Waals surface area contributed by atoms with Crippen LogP contribution in [0.25, 0.3) is 5.70 Å². The van der Waals surface area contributed by atoms with Crippen LogP contribution in [-0.2, 0) is 0 Å². The summed E-state index contributed by atoms with van der Waals surface area (Å²) < 4.78 is 5.65. The van der Waals surface area contributed by atoms with Crippen molar-refractivity contribution in [2.75, 3.05) is 10.5 Å². The standard InChI is InChI=1S/C17H14N6O6S/c18-17(30)21-20-12-8-15(29-14-4-2-1-3-10(12)14)16(24)19-11-6-5-9(22(25)26)7-13(11)23(27)28/h1-8,19-20,24H,(H3,18,21,30)/q-2. The molecule has 0 aromatic heterocycles. The number of benzene rings is 2. The maximum Gasteiger partial charge on any atom is 0.294 e. The Hall–Kier alpha value is -4.07. The minimum Gasteiger partial charge on any atom is -0.769 e. The molecule has 0 unspecified atom stereocenters. The third kappa shape index (κ3) is 4.49. The number of nitro benzene ring substituents is 1. The Balaban J connectivity index is 1.97. The Morgan fingerprint density at radius 1 is 1.23 bits per heavy atom. The first-order chi connectivity index (χ1) is 14.3. The van der Waals surface area contributed by atoms with Crippen LogP contribution in [0, 0.1) is 20.5 Å². The van der Waals surface area contributed by atoms with E-state index in [0.29, 0.717) is 17.0 Å². The van der Waals surface area contributed by atoms with Gasteiger partial charge in [0.15, 0.2) is 10.9 Å². The van der Waals surface area contributed by atoms with E-state index in [0.717, 1.165) is 18.2 Å². The molecule has 156 valence electrons. The van der Waals surface area contributed by atoms with Gasteiger partial charge in [-0.3, -0.25) is 21.0 Å². The van der Waals surface area contributed by atoms with Crippen molar-refractivity contribution in [1.29, 1.82) is 0 Å². The van der Waals surface area contributed by atoms with Gasteiger partial charge in [0.2, 0.25) is 5.88 Å². The molecule has 0 radical (unpaired) electrons. The topological polar surface area (TPSA) is 184 Å². The summed E-state index contributed by atoms with van der Waals surface area (Å²) >= 11 is 4.76. The molecule has 1 heterocycles. The van der Waals surface area contributed by atoms with Crippen molar-refractivity contribution in [2.24, 2.45) is 5.73 Å². The molecule has 0 fully saturated rings. The molecule has 30 heavy (non-hydrogen) atoms. The van der Waals surface area contributed by atoms with Gasteiger partial charge >= 0.3 is 0 Å². The lowest BCUT2D eigenvalue weighted by Gasteiger charge is -2.37. The molecule has 0 bridgehead atoms. The number of ether oxygens (including phenoxy) is 1. The van der Waals surface area contributed by atoms with Gasteiger partial charge in [-0.2, -0.15) is 0 Å². The zero-order chi connectivity index (χ0) is 21.8. The number of thiocarbonyl (C=S) groups is 1. The molecule has 1 aliphatic rings. The first kappa shape index (κ1) is 20.7. The first-order valence-electron chi connectivity index (χ1n) is 8.19. The highest BCUT2D eigenvalue weighted by Crippen LogP contribution is 2.34. The monoisotopic (exact) mass is 430 g/mol. The van der Waals surface area contributed by atoms with E-state index in [2.05, 4.69) is 16.2 Å². The third-order valence-corrected chi connectivity index (χ3v) is 3.97. The number of hydrazine groups is 1. The number of hydrogen-bond donors (Lipinski definition) is 5. The molecule has 3 rings (SSSR count). The molecule has 0 atom stereocenters. The van der Waals surface area contributed by atoms with Crippen molar-refractivity contribution in [2.45, 2.75) is 0 Å². The zero-order valence-corrected chi connectivity index (χ0v) is 15.8. The SMILES string of the molecule is NC(=S)NNC1=CC(=C(O)Nc2ccc(N([O-])[O-])cc2[N+](=O)[O-])Oc2ccccc21. The Morgan fingerprint density at radius 2 is 1.97 bits per heavy atom. The molecule has 2 aromatic carbocycles. The van der Waals surface area contributed by atoms with E-state index in [1.165, 1.54) is 6.08 Å².